The minimum absolute atomic E-state index is 0. The third-order valence-electron chi connectivity index (χ3n) is 4.05. The average Bonchev–Trinajstić information content (AvgIpc) is 2.64. The van der Waals surface area contributed by atoms with E-state index in [1.165, 1.54) is 16.7 Å². The largest absolute Gasteiger partial charge is 0.496 e. The van der Waals surface area contributed by atoms with Crippen molar-refractivity contribution in [3.63, 3.8) is 0 Å². The Morgan fingerprint density at radius 3 is 2.48 bits per heavy atom. The molecule has 27 heavy (non-hydrogen) atoms. The highest BCUT2D eigenvalue weighted by Crippen LogP contribution is 2.17. The van der Waals surface area contributed by atoms with Gasteiger partial charge in [0.15, 0.2) is 5.96 Å². The van der Waals surface area contributed by atoms with Crippen LogP contribution in [0.25, 0.3) is 0 Å². The van der Waals surface area contributed by atoms with Crippen molar-refractivity contribution in [2.75, 3.05) is 34.8 Å². The highest BCUT2D eigenvalue weighted by Gasteiger charge is 2.03. The van der Waals surface area contributed by atoms with Crippen molar-refractivity contribution in [1.29, 1.82) is 0 Å². The minimum atomic E-state index is 0. The molecule has 6 heteroatoms. The fourth-order valence-electron chi connectivity index (χ4n) is 2.83. The second-order valence-electron chi connectivity index (χ2n) is 6.47. The van der Waals surface area contributed by atoms with Gasteiger partial charge in [-0.2, -0.15) is 0 Å². The molecule has 0 saturated heterocycles. The number of aliphatic imine (C=N–C) groups is 1. The first-order valence-corrected chi connectivity index (χ1v) is 8.91. The number of hydrogen-bond acceptors (Lipinski definition) is 3. The summed E-state index contributed by atoms with van der Waals surface area (Å²) in [5.41, 5.74) is 3.75. The molecule has 0 amide bonds. The van der Waals surface area contributed by atoms with Crippen LogP contribution in [0.1, 0.15) is 16.7 Å². The first-order valence-electron chi connectivity index (χ1n) is 8.91. The van der Waals surface area contributed by atoms with E-state index in [2.05, 4.69) is 65.0 Å². The van der Waals surface area contributed by atoms with Crippen LogP contribution in [0.15, 0.2) is 53.5 Å². The number of para-hydroxylation sites is 1. The summed E-state index contributed by atoms with van der Waals surface area (Å²) >= 11 is 0. The fraction of sp³-hybridized carbons (Fsp3) is 0.381. The van der Waals surface area contributed by atoms with E-state index in [0.717, 1.165) is 37.8 Å². The minimum Gasteiger partial charge on any atom is -0.496 e. The molecular formula is C21H31IN4O. The van der Waals surface area contributed by atoms with E-state index in [-0.39, 0.29) is 24.0 Å². The Labute approximate surface area is 180 Å². The third-order valence-corrected chi connectivity index (χ3v) is 4.05. The van der Waals surface area contributed by atoms with Gasteiger partial charge in [-0.25, -0.2) is 0 Å². The first-order chi connectivity index (χ1) is 12.6. The number of ether oxygens (including phenoxy) is 1. The molecule has 148 valence electrons. The van der Waals surface area contributed by atoms with Crippen LogP contribution in [0.5, 0.6) is 5.75 Å². The molecule has 2 aromatic rings. The lowest BCUT2D eigenvalue weighted by molar-refractivity contribution is 0.402. The van der Waals surface area contributed by atoms with Crippen molar-refractivity contribution in [3.8, 4) is 5.75 Å². The molecule has 0 heterocycles. The number of guanidine groups is 1. The smallest absolute Gasteiger partial charge is 0.191 e. The summed E-state index contributed by atoms with van der Waals surface area (Å²) in [4.78, 5) is 6.47. The van der Waals surface area contributed by atoms with Crippen molar-refractivity contribution < 1.29 is 4.74 Å². The fourth-order valence-corrected chi connectivity index (χ4v) is 2.83. The van der Waals surface area contributed by atoms with Gasteiger partial charge in [-0.05, 0) is 43.3 Å². The molecule has 0 aromatic heterocycles. The number of nitrogens with one attached hydrogen (secondary N) is 2. The average molecular weight is 482 g/mol. The van der Waals surface area contributed by atoms with E-state index in [4.69, 9.17) is 4.74 Å². The van der Waals surface area contributed by atoms with Crippen LogP contribution >= 0.6 is 24.0 Å². The van der Waals surface area contributed by atoms with Crippen LogP contribution in [-0.4, -0.2) is 45.7 Å². The quantitative estimate of drug-likeness (QED) is 0.345. The topological polar surface area (TPSA) is 48.9 Å². The normalized spacial score (nSPS) is 11.1. The molecule has 0 aliphatic rings. The van der Waals surface area contributed by atoms with E-state index in [1.807, 2.05) is 18.2 Å². The number of hydrogen-bond donors (Lipinski definition) is 2. The van der Waals surface area contributed by atoms with E-state index >= 15 is 0 Å². The zero-order chi connectivity index (χ0) is 18.8. The van der Waals surface area contributed by atoms with Crippen molar-refractivity contribution in [1.82, 2.24) is 15.5 Å². The second kappa shape index (κ2) is 12.6. The molecule has 0 aliphatic heterocycles. The molecule has 2 rings (SSSR count). The number of benzene rings is 2. The zero-order valence-electron chi connectivity index (χ0n) is 16.7. The summed E-state index contributed by atoms with van der Waals surface area (Å²) in [6.07, 6.45) is 0.878. The second-order valence-corrected chi connectivity index (χ2v) is 6.47. The van der Waals surface area contributed by atoms with Crippen molar-refractivity contribution in [3.05, 3.63) is 65.2 Å². The molecule has 2 N–H and O–H groups in total. The summed E-state index contributed by atoms with van der Waals surface area (Å²) in [5, 5.41) is 6.74. The van der Waals surface area contributed by atoms with Crippen molar-refractivity contribution in [2.45, 2.75) is 19.5 Å². The van der Waals surface area contributed by atoms with Gasteiger partial charge < -0.3 is 20.3 Å². The van der Waals surface area contributed by atoms with Gasteiger partial charge in [-0.15, -0.1) is 24.0 Å². The molecule has 0 fully saturated rings. The lowest BCUT2D eigenvalue weighted by atomic mass is 10.1. The Bertz CT molecular complexity index is 719. The van der Waals surface area contributed by atoms with Gasteiger partial charge >= 0.3 is 0 Å². The Hall–Kier alpha value is -1.80. The summed E-state index contributed by atoms with van der Waals surface area (Å²) in [5.74, 6) is 1.73. The van der Waals surface area contributed by atoms with Crippen LogP contribution < -0.4 is 15.4 Å². The van der Waals surface area contributed by atoms with Gasteiger partial charge in [0.1, 0.15) is 5.75 Å². The zero-order valence-corrected chi connectivity index (χ0v) is 19.0. The Balaban J connectivity index is 0.00000364. The highest BCUT2D eigenvalue weighted by molar-refractivity contribution is 14.0. The Kier molecular flexibility index (Phi) is 10.8. The number of halogens is 1. The van der Waals surface area contributed by atoms with Crippen LogP contribution in [0.4, 0.5) is 0 Å². The maximum Gasteiger partial charge on any atom is 0.191 e. The van der Waals surface area contributed by atoms with Gasteiger partial charge in [0.05, 0.1) is 7.11 Å². The van der Waals surface area contributed by atoms with Gasteiger partial charge in [0.25, 0.3) is 0 Å². The summed E-state index contributed by atoms with van der Waals surface area (Å²) in [7, 11) is 7.66. The molecule has 0 spiro atoms. The molecule has 2 aromatic carbocycles. The van der Waals surface area contributed by atoms with Crippen LogP contribution in [0, 0.1) is 0 Å². The highest BCUT2D eigenvalue weighted by atomic mass is 127. The number of methoxy groups -OCH3 is 1. The number of rotatable bonds is 8. The lowest BCUT2D eigenvalue weighted by Crippen LogP contribution is -2.37. The maximum atomic E-state index is 5.40. The standard InChI is InChI=1S/C21H30N4O.HI/c1-22-21(23-13-12-19-10-5-6-11-20(19)26-4)24-15-17-8-7-9-18(14-17)16-25(2)3;/h5-11,14H,12-13,15-16H2,1-4H3,(H2,22,23,24);1H. The summed E-state index contributed by atoms with van der Waals surface area (Å²) in [6.45, 7) is 2.48. The Morgan fingerprint density at radius 2 is 1.78 bits per heavy atom. The van der Waals surface area contributed by atoms with Crippen molar-refractivity contribution >= 4 is 29.9 Å². The predicted octanol–water partition coefficient (Wildman–Crippen LogP) is 3.28. The number of nitrogens with zero attached hydrogens (tertiary/aromatic N) is 2. The van der Waals surface area contributed by atoms with Crippen LogP contribution in [0.3, 0.4) is 0 Å². The SMILES string of the molecule is CN=C(NCCc1ccccc1OC)NCc1cccc(CN(C)C)c1.I. The maximum absolute atomic E-state index is 5.40. The van der Waals surface area contributed by atoms with Crippen molar-refractivity contribution in [2.24, 2.45) is 4.99 Å². The molecule has 0 radical (unpaired) electrons. The first kappa shape index (κ1) is 23.2. The van der Waals surface area contributed by atoms with Crippen LogP contribution in [-0.2, 0) is 19.5 Å². The molecule has 5 nitrogen and oxygen atoms in total. The van der Waals surface area contributed by atoms with Gasteiger partial charge in [-0.1, -0.05) is 42.5 Å². The Morgan fingerprint density at radius 1 is 1.04 bits per heavy atom. The molecule has 0 atom stereocenters. The predicted molar refractivity (Wildman–Crippen MR) is 124 cm³/mol. The lowest BCUT2D eigenvalue weighted by Gasteiger charge is -2.14. The van der Waals surface area contributed by atoms with E-state index < -0.39 is 0 Å². The molecular weight excluding hydrogens is 451 g/mol. The molecule has 0 saturated carbocycles. The monoisotopic (exact) mass is 482 g/mol. The van der Waals surface area contributed by atoms with E-state index in [9.17, 15) is 0 Å². The van der Waals surface area contributed by atoms with Gasteiger partial charge in [0, 0.05) is 26.7 Å². The van der Waals surface area contributed by atoms with Gasteiger partial charge in [-0.3, -0.25) is 4.99 Å². The van der Waals surface area contributed by atoms with Gasteiger partial charge in [0.2, 0.25) is 0 Å². The van der Waals surface area contributed by atoms with E-state index in [0.29, 0.717) is 0 Å². The third kappa shape index (κ3) is 8.17. The summed E-state index contributed by atoms with van der Waals surface area (Å²) < 4.78 is 5.40. The molecule has 0 unspecified atom stereocenters. The molecule has 0 aliphatic carbocycles. The van der Waals surface area contributed by atoms with E-state index in [1.54, 1.807) is 14.2 Å². The summed E-state index contributed by atoms with van der Waals surface area (Å²) in [6, 6.07) is 16.7. The van der Waals surface area contributed by atoms with Crippen LogP contribution in [0.2, 0.25) is 0 Å². The molecule has 0 bridgehead atoms.